The normalized spacial score (nSPS) is 11.1. The fourth-order valence-corrected chi connectivity index (χ4v) is 3.64. The van der Waals surface area contributed by atoms with E-state index in [4.69, 9.17) is 13.6 Å². The molecule has 3 heterocycles. The highest BCUT2D eigenvalue weighted by Gasteiger charge is 2.19. The Morgan fingerprint density at radius 2 is 2.11 bits per heavy atom. The van der Waals surface area contributed by atoms with Crippen LogP contribution in [-0.2, 0) is 11.3 Å². The van der Waals surface area contributed by atoms with E-state index in [1.165, 1.54) is 15.9 Å². The number of para-hydroxylation sites is 2. The largest absolute Gasteiger partial charge is 0.462 e. The third kappa shape index (κ3) is 3.43. The first-order valence-electron chi connectivity index (χ1n) is 8.40. The summed E-state index contributed by atoms with van der Waals surface area (Å²) in [5.41, 5.74) is 1.56. The van der Waals surface area contributed by atoms with Crippen molar-refractivity contribution in [3.05, 3.63) is 63.8 Å². The lowest BCUT2D eigenvalue weighted by molar-refractivity contribution is 0.0489. The first-order valence-corrected chi connectivity index (χ1v) is 9.22. The van der Waals surface area contributed by atoms with Crippen LogP contribution in [0.3, 0.4) is 0 Å². The van der Waals surface area contributed by atoms with E-state index in [1.54, 1.807) is 24.5 Å². The van der Waals surface area contributed by atoms with E-state index in [9.17, 15) is 9.59 Å². The van der Waals surface area contributed by atoms with Crippen LogP contribution in [0.4, 0.5) is 0 Å². The number of ether oxygens (including phenoxy) is 1. The monoisotopic (exact) mass is 384 g/mol. The minimum absolute atomic E-state index is 0.178. The van der Waals surface area contributed by atoms with Gasteiger partial charge in [-0.3, -0.25) is 4.57 Å². The molecule has 0 saturated heterocycles. The van der Waals surface area contributed by atoms with E-state index >= 15 is 0 Å². The summed E-state index contributed by atoms with van der Waals surface area (Å²) in [6, 6.07) is 10.8. The second kappa shape index (κ2) is 7.24. The summed E-state index contributed by atoms with van der Waals surface area (Å²) in [4.78, 5) is 29.3. The number of oxazole rings is 1. The predicted octanol–water partition coefficient (Wildman–Crippen LogP) is 3.87. The van der Waals surface area contributed by atoms with Crippen LogP contribution in [0.25, 0.3) is 21.9 Å². The highest BCUT2D eigenvalue weighted by Crippen LogP contribution is 2.28. The van der Waals surface area contributed by atoms with Crippen molar-refractivity contribution in [3.63, 3.8) is 0 Å². The Morgan fingerprint density at radius 1 is 1.26 bits per heavy atom. The second-order valence-corrected chi connectivity index (χ2v) is 7.08. The lowest BCUT2D eigenvalue weighted by Gasteiger charge is -2.04. The molecular weight excluding hydrogens is 368 g/mol. The van der Waals surface area contributed by atoms with Crippen molar-refractivity contribution in [2.24, 2.45) is 0 Å². The maximum atomic E-state index is 12.3. The summed E-state index contributed by atoms with van der Waals surface area (Å²) in [7, 11) is 0. The van der Waals surface area contributed by atoms with Crippen LogP contribution < -0.4 is 5.76 Å². The van der Waals surface area contributed by atoms with Gasteiger partial charge in [0.05, 0.1) is 18.4 Å². The summed E-state index contributed by atoms with van der Waals surface area (Å²) in [5, 5.41) is 0.640. The van der Waals surface area contributed by atoms with Crippen LogP contribution in [0, 0.1) is 6.92 Å². The lowest BCUT2D eigenvalue weighted by atomic mass is 10.3. The maximum absolute atomic E-state index is 12.3. The standard InChI is InChI=1S/C19H16N2O5S/c1-12-16(20-17(27-12)15-8-4-10-24-15)18(22)25-11-5-9-21-13-6-2-3-7-14(13)26-19(21)23/h2-4,6-8,10H,5,9,11H2,1H3. The lowest BCUT2D eigenvalue weighted by Crippen LogP contribution is -2.16. The Kier molecular flexibility index (Phi) is 4.64. The molecule has 138 valence electrons. The van der Waals surface area contributed by atoms with Crippen LogP contribution >= 0.6 is 11.3 Å². The number of aryl methyl sites for hydroxylation is 2. The number of fused-ring (bicyclic) bond motifs is 1. The molecule has 0 atom stereocenters. The van der Waals surface area contributed by atoms with Crippen LogP contribution in [0.1, 0.15) is 21.8 Å². The Bertz CT molecular complexity index is 1140. The summed E-state index contributed by atoms with van der Waals surface area (Å²) < 4.78 is 17.3. The average Bonchev–Trinajstić information content (AvgIpc) is 3.37. The molecule has 0 spiro atoms. The zero-order valence-corrected chi connectivity index (χ0v) is 15.3. The highest BCUT2D eigenvalue weighted by molar-refractivity contribution is 7.15. The van der Waals surface area contributed by atoms with E-state index < -0.39 is 11.7 Å². The van der Waals surface area contributed by atoms with Crippen molar-refractivity contribution < 1.29 is 18.4 Å². The molecule has 0 radical (unpaired) electrons. The number of benzene rings is 1. The average molecular weight is 384 g/mol. The van der Waals surface area contributed by atoms with Gasteiger partial charge in [-0.15, -0.1) is 11.3 Å². The van der Waals surface area contributed by atoms with Gasteiger partial charge in [0.1, 0.15) is 0 Å². The molecule has 0 amide bonds. The molecule has 1 aromatic carbocycles. The molecule has 0 unspecified atom stereocenters. The Labute approximate surface area is 157 Å². The number of esters is 1. The fraction of sp³-hybridized carbons (Fsp3) is 0.211. The highest BCUT2D eigenvalue weighted by atomic mass is 32.1. The van der Waals surface area contributed by atoms with Gasteiger partial charge >= 0.3 is 11.7 Å². The minimum atomic E-state index is -0.481. The van der Waals surface area contributed by atoms with E-state index in [2.05, 4.69) is 4.98 Å². The SMILES string of the molecule is Cc1sc(-c2ccco2)nc1C(=O)OCCCn1c(=O)oc2ccccc21. The molecule has 0 saturated carbocycles. The number of nitrogens with zero attached hydrogens (tertiary/aromatic N) is 2. The van der Waals surface area contributed by atoms with E-state index in [1.807, 2.05) is 25.1 Å². The maximum Gasteiger partial charge on any atom is 0.419 e. The van der Waals surface area contributed by atoms with E-state index in [0.717, 1.165) is 10.4 Å². The van der Waals surface area contributed by atoms with Gasteiger partial charge in [0, 0.05) is 11.4 Å². The topological polar surface area (TPSA) is 87.5 Å². The van der Waals surface area contributed by atoms with Crippen LogP contribution in [0.2, 0.25) is 0 Å². The molecule has 0 aliphatic heterocycles. The van der Waals surface area contributed by atoms with Gasteiger partial charge in [0.15, 0.2) is 22.0 Å². The van der Waals surface area contributed by atoms with Gasteiger partial charge in [-0.1, -0.05) is 12.1 Å². The molecule has 7 nitrogen and oxygen atoms in total. The number of carbonyl (C=O) groups is 1. The van der Waals surface area contributed by atoms with Crippen molar-refractivity contribution in [1.29, 1.82) is 0 Å². The van der Waals surface area contributed by atoms with Gasteiger partial charge in [0.25, 0.3) is 0 Å². The van der Waals surface area contributed by atoms with Gasteiger partial charge in [-0.25, -0.2) is 14.6 Å². The number of aromatic nitrogens is 2. The minimum Gasteiger partial charge on any atom is -0.462 e. The molecule has 0 aliphatic carbocycles. The quantitative estimate of drug-likeness (QED) is 0.370. The number of hydrogen-bond donors (Lipinski definition) is 0. The molecule has 4 rings (SSSR count). The fourth-order valence-electron chi connectivity index (χ4n) is 2.77. The van der Waals surface area contributed by atoms with E-state index in [0.29, 0.717) is 29.3 Å². The first kappa shape index (κ1) is 17.3. The molecule has 0 fully saturated rings. The van der Waals surface area contributed by atoms with Crippen molar-refractivity contribution in [2.75, 3.05) is 6.61 Å². The molecule has 3 aromatic heterocycles. The van der Waals surface area contributed by atoms with Crippen LogP contribution in [0.15, 0.2) is 56.3 Å². The van der Waals surface area contributed by atoms with Gasteiger partial charge in [-0.05, 0) is 37.6 Å². The molecule has 27 heavy (non-hydrogen) atoms. The number of hydrogen-bond acceptors (Lipinski definition) is 7. The Hall–Kier alpha value is -3.13. The molecule has 0 bridgehead atoms. The third-order valence-corrected chi connectivity index (χ3v) is 5.04. The Balaban J connectivity index is 1.37. The molecule has 4 aromatic rings. The van der Waals surface area contributed by atoms with Crippen molar-refractivity contribution >= 4 is 28.4 Å². The smallest absolute Gasteiger partial charge is 0.419 e. The molecule has 8 heteroatoms. The zero-order valence-electron chi connectivity index (χ0n) is 14.5. The Morgan fingerprint density at radius 3 is 2.93 bits per heavy atom. The summed E-state index contributed by atoms with van der Waals surface area (Å²) >= 11 is 1.38. The summed E-state index contributed by atoms with van der Waals surface area (Å²) in [6.07, 6.45) is 2.05. The number of carbonyl (C=O) groups excluding carboxylic acids is 1. The number of furan rings is 1. The van der Waals surface area contributed by atoms with Gasteiger partial charge in [0.2, 0.25) is 0 Å². The zero-order chi connectivity index (χ0) is 18.8. The molecular formula is C19H16N2O5S. The van der Waals surface area contributed by atoms with E-state index in [-0.39, 0.29) is 12.3 Å². The van der Waals surface area contributed by atoms with Gasteiger partial charge < -0.3 is 13.6 Å². The van der Waals surface area contributed by atoms with Crippen LogP contribution in [0.5, 0.6) is 0 Å². The second-order valence-electron chi connectivity index (χ2n) is 5.88. The van der Waals surface area contributed by atoms with Crippen LogP contribution in [-0.4, -0.2) is 22.1 Å². The molecule has 0 N–H and O–H groups in total. The first-order chi connectivity index (χ1) is 13.1. The van der Waals surface area contributed by atoms with Crippen molar-refractivity contribution in [3.8, 4) is 10.8 Å². The van der Waals surface area contributed by atoms with Gasteiger partial charge in [-0.2, -0.15) is 0 Å². The summed E-state index contributed by atoms with van der Waals surface area (Å²) in [5.74, 6) is -0.278. The number of rotatable bonds is 6. The third-order valence-electron chi connectivity index (χ3n) is 4.05. The predicted molar refractivity (Wildman–Crippen MR) is 99.9 cm³/mol. The molecule has 0 aliphatic rings. The number of thiazole rings is 1. The van der Waals surface area contributed by atoms with Crippen molar-refractivity contribution in [2.45, 2.75) is 19.9 Å². The van der Waals surface area contributed by atoms with Crippen molar-refractivity contribution in [1.82, 2.24) is 9.55 Å². The summed E-state index contributed by atoms with van der Waals surface area (Å²) in [6.45, 7) is 2.40.